The van der Waals surface area contributed by atoms with Gasteiger partial charge in [-0.3, -0.25) is 10.1 Å². The van der Waals surface area contributed by atoms with Crippen molar-refractivity contribution in [3.05, 3.63) is 85.9 Å². The molecule has 10 heteroatoms. The summed E-state index contributed by atoms with van der Waals surface area (Å²) in [6, 6.07) is 12.9. The maximum absolute atomic E-state index is 13.0. The second kappa shape index (κ2) is 9.09. The van der Waals surface area contributed by atoms with Crippen molar-refractivity contribution in [3.8, 4) is 0 Å². The van der Waals surface area contributed by atoms with Crippen molar-refractivity contribution >= 4 is 52.4 Å². The van der Waals surface area contributed by atoms with Crippen molar-refractivity contribution in [1.82, 2.24) is 0 Å². The van der Waals surface area contributed by atoms with Crippen LogP contribution in [0.2, 0.25) is 10.0 Å². The van der Waals surface area contributed by atoms with Crippen LogP contribution in [0.3, 0.4) is 0 Å². The van der Waals surface area contributed by atoms with Gasteiger partial charge < -0.3 is 0 Å². The first-order chi connectivity index (χ1) is 14.0. The fraction of sp³-hybridized carbons (Fsp3) is 0.100. The maximum Gasteiger partial charge on any atom is 0.416 e. The lowest BCUT2D eigenvalue weighted by Gasteiger charge is -2.12. The number of rotatable bonds is 5. The molecule has 0 saturated heterocycles. The van der Waals surface area contributed by atoms with Gasteiger partial charge in [-0.1, -0.05) is 52.8 Å². The van der Waals surface area contributed by atoms with Crippen LogP contribution >= 0.6 is 46.7 Å². The number of hydrogen-bond donors (Lipinski definition) is 0. The smallest absolute Gasteiger partial charge is 0.258 e. The lowest BCUT2D eigenvalue weighted by atomic mass is 10.1. The van der Waals surface area contributed by atoms with Crippen LogP contribution in [0.25, 0.3) is 0 Å². The van der Waals surface area contributed by atoms with Crippen LogP contribution in [0.15, 0.2) is 74.2 Å². The monoisotopic (exact) mass is 489 g/mol. The van der Waals surface area contributed by atoms with Gasteiger partial charge in [-0.05, 0) is 55.0 Å². The van der Waals surface area contributed by atoms with Crippen molar-refractivity contribution in [3.63, 3.8) is 0 Å². The Bertz CT molecular complexity index is 1120. The number of halogens is 5. The molecule has 3 rings (SSSR count). The van der Waals surface area contributed by atoms with Gasteiger partial charge in [0, 0.05) is 20.8 Å². The van der Waals surface area contributed by atoms with E-state index in [9.17, 15) is 23.3 Å². The molecule has 0 bridgehead atoms. The highest BCUT2D eigenvalue weighted by Gasteiger charge is 2.31. The van der Waals surface area contributed by atoms with E-state index < -0.39 is 16.7 Å². The molecule has 0 aliphatic rings. The average molecular weight is 490 g/mol. The quantitative estimate of drug-likeness (QED) is 0.266. The number of alkyl halides is 3. The molecular formula is C20H12Cl2F3NO2S2. The summed E-state index contributed by atoms with van der Waals surface area (Å²) in [6.07, 6.45) is -4.46. The molecule has 0 fully saturated rings. The Labute approximate surface area is 188 Å². The molecule has 0 N–H and O–H groups in total. The summed E-state index contributed by atoms with van der Waals surface area (Å²) in [5, 5.41) is 12.3. The fourth-order valence-corrected chi connectivity index (χ4v) is 4.75. The van der Waals surface area contributed by atoms with Gasteiger partial charge in [0.1, 0.15) is 0 Å². The normalized spacial score (nSPS) is 11.5. The zero-order valence-electron chi connectivity index (χ0n) is 15.2. The maximum atomic E-state index is 13.0. The summed E-state index contributed by atoms with van der Waals surface area (Å²) in [4.78, 5) is 12.9. The molecule has 3 nitrogen and oxygen atoms in total. The van der Waals surface area contributed by atoms with E-state index in [-0.39, 0.29) is 5.69 Å². The minimum atomic E-state index is -4.46. The van der Waals surface area contributed by atoms with Crippen molar-refractivity contribution in [1.29, 1.82) is 0 Å². The first-order valence-electron chi connectivity index (χ1n) is 8.31. The fourth-order valence-electron chi connectivity index (χ4n) is 2.47. The van der Waals surface area contributed by atoms with Gasteiger partial charge in [-0.2, -0.15) is 13.2 Å². The van der Waals surface area contributed by atoms with Crippen LogP contribution in [-0.2, 0) is 6.18 Å². The lowest BCUT2D eigenvalue weighted by molar-refractivity contribution is -0.387. The van der Waals surface area contributed by atoms with Gasteiger partial charge >= 0.3 is 6.18 Å². The van der Waals surface area contributed by atoms with Gasteiger partial charge in [0.25, 0.3) is 5.69 Å². The zero-order valence-corrected chi connectivity index (χ0v) is 18.3. The third-order valence-corrected chi connectivity index (χ3v) is 6.93. The number of aryl methyl sites for hydroxylation is 1. The van der Waals surface area contributed by atoms with Gasteiger partial charge in [-0.15, -0.1) is 0 Å². The summed E-state index contributed by atoms with van der Waals surface area (Å²) >= 11 is 14.1. The number of nitro groups is 1. The van der Waals surface area contributed by atoms with Crippen LogP contribution < -0.4 is 0 Å². The SMILES string of the molecule is Cc1ccc(C(F)(F)F)cc1Sc1ccc(Sc2ccc(Cl)c(Cl)c2)c([N+](=O)[O-])c1. The number of benzene rings is 3. The molecule has 30 heavy (non-hydrogen) atoms. The Morgan fingerprint density at radius 3 is 2.13 bits per heavy atom. The minimum Gasteiger partial charge on any atom is -0.258 e. The van der Waals surface area contributed by atoms with Crippen LogP contribution in [0, 0.1) is 17.0 Å². The molecule has 0 saturated carbocycles. The molecule has 0 atom stereocenters. The molecule has 0 aromatic heterocycles. The van der Waals surface area contributed by atoms with E-state index in [0.29, 0.717) is 35.2 Å². The Kier molecular flexibility index (Phi) is 6.91. The Morgan fingerprint density at radius 1 is 0.867 bits per heavy atom. The van der Waals surface area contributed by atoms with Crippen molar-refractivity contribution in [2.45, 2.75) is 32.7 Å². The van der Waals surface area contributed by atoms with Crippen molar-refractivity contribution < 1.29 is 18.1 Å². The third kappa shape index (κ3) is 5.43. The van der Waals surface area contributed by atoms with Crippen LogP contribution in [-0.4, -0.2) is 4.92 Å². The zero-order chi connectivity index (χ0) is 22.1. The largest absolute Gasteiger partial charge is 0.416 e. The van der Waals surface area contributed by atoms with E-state index >= 15 is 0 Å². The number of nitrogens with zero attached hydrogens (tertiary/aromatic N) is 1. The molecule has 0 unspecified atom stereocenters. The van der Waals surface area contributed by atoms with E-state index in [2.05, 4.69) is 0 Å². The summed E-state index contributed by atoms with van der Waals surface area (Å²) in [6.45, 7) is 1.69. The topological polar surface area (TPSA) is 43.1 Å². The molecule has 0 amide bonds. The first kappa shape index (κ1) is 22.8. The van der Waals surface area contributed by atoms with Gasteiger partial charge in [-0.25, -0.2) is 0 Å². The van der Waals surface area contributed by atoms with E-state index in [1.807, 2.05) is 0 Å². The summed E-state index contributed by atoms with van der Waals surface area (Å²) in [5.74, 6) is 0. The molecular weight excluding hydrogens is 478 g/mol. The minimum absolute atomic E-state index is 0.152. The molecule has 0 radical (unpaired) electrons. The molecule has 3 aromatic rings. The third-order valence-electron chi connectivity index (χ3n) is 3.99. The van der Waals surface area contributed by atoms with Gasteiger partial charge in [0.05, 0.1) is 25.4 Å². The lowest BCUT2D eigenvalue weighted by Crippen LogP contribution is -2.05. The van der Waals surface area contributed by atoms with Gasteiger partial charge in [0.15, 0.2) is 0 Å². The van der Waals surface area contributed by atoms with Crippen LogP contribution in [0.5, 0.6) is 0 Å². The molecule has 0 aliphatic carbocycles. The predicted octanol–water partition coefficient (Wildman–Crippen LogP) is 8.53. The summed E-state index contributed by atoms with van der Waals surface area (Å²) in [7, 11) is 0. The van der Waals surface area contributed by atoms with Crippen LogP contribution in [0.4, 0.5) is 18.9 Å². The molecule has 3 aromatic carbocycles. The highest BCUT2D eigenvalue weighted by molar-refractivity contribution is 8.00. The Balaban J connectivity index is 1.92. The standard InChI is InChI=1S/C20H12Cl2F3NO2S2/c1-11-2-3-12(20(23,24)25)8-19(11)30-14-5-7-18(17(10-14)26(27)28)29-13-4-6-15(21)16(22)9-13/h2-10H,1H3. The van der Waals surface area contributed by atoms with Crippen LogP contribution in [0.1, 0.15) is 11.1 Å². The molecule has 156 valence electrons. The summed E-state index contributed by atoms with van der Waals surface area (Å²) < 4.78 is 39.0. The van der Waals surface area contributed by atoms with Crippen molar-refractivity contribution in [2.24, 2.45) is 0 Å². The molecule has 0 spiro atoms. The Hall–Kier alpha value is -1.87. The second-order valence-corrected chi connectivity index (χ2v) is 9.19. The first-order valence-corrected chi connectivity index (χ1v) is 10.7. The van der Waals surface area contributed by atoms with Gasteiger partial charge in [0.2, 0.25) is 0 Å². The second-order valence-electron chi connectivity index (χ2n) is 6.14. The number of nitro benzene ring substituents is 1. The van der Waals surface area contributed by atoms with Crippen molar-refractivity contribution in [2.75, 3.05) is 0 Å². The Morgan fingerprint density at radius 2 is 1.50 bits per heavy atom. The molecule has 0 aliphatic heterocycles. The average Bonchev–Trinajstić information content (AvgIpc) is 2.66. The van der Waals surface area contributed by atoms with E-state index in [4.69, 9.17) is 23.2 Å². The summed E-state index contributed by atoms with van der Waals surface area (Å²) in [5.41, 5.74) is -0.275. The highest BCUT2D eigenvalue weighted by Crippen LogP contribution is 2.41. The number of hydrogen-bond acceptors (Lipinski definition) is 4. The molecule has 0 heterocycles. The van der Waals surface area contributed by atoms with E-state index in [1.165, 1.54) is 12.1 Å². The highest BCUT2D eigenvalue weighted by atomic mass is 35.5. The predicted molar refractivity (Wildman–Crippen MR) is 114 cm³/mol. The van der Waals surface area contributed by atoms with E-state index in [0.717, 1.165) is 35.7 Å². The van der Waals surface area contributed by atoms with E-state index in [1.54, 1.807) is 37.3 Å².